The molecule has 3 aromatic rings. The van der Waals surface area contributed by atoms with E-state index in [2.05, 4.69) is 10.3 Å². The lowest BCUT2D eigenvalue weighted by molar-refractivity contribution is 0.0938. The lowest BCUT2D eigenvalue weighted by Crippen LogP contribution is -2.34. The van der Waals surface area contributed by atoms with Crippen molar-refractivity contribution in [3.8, 4) is 11.5 Å². The highest BCUT2D eigenvalue weighted by molar-refractivity contribution is 7.18. The smallest absolute Gasteiger partial charge is 0.251 e. The molecule has 0 fully saturated rings. The van der Waals surface area contributed by atoms with Crippen LogP contribution in [0.3, 0.4) is 0 Å². The minimum atomic E-state index is -0.0750. The molecule has 1 aliphatic rings. The van der Waals surface area contributed by atoms with Crippen LogP contribution in [0.1, 0.15) is 20.9 Å². The van der Waals surface area contributed by atoms with Crippen LogP contribution in [-0.2, 0) is 6.42 Å². The largest absolute Gasteiger partial charge is 0.493 e. The average molecular weight is 368 g/mol. The molecule has 1 amide bonds. The van der Waals surface area contributed by atoms with E-state index < -0.39 is 0 Å². The van der Waals surface area contributed by atoms with Gasteiger partial charge in [0.15, 0.2) is 11.5 Å². The molecule has 4 rings (SSSR count). The molecule has 1 atom stereocenters. The number of carbonyl (C=O) groups excluding carboxylic acids is 1. The molecule has 26 heavy (non-hydrogen) atoms. The van der Waals surface area contributed by atoms with Gasteiger partial charge in [-0.1, -0.05) is 12.1 Å². The predicted octanol–water partition coefficient (Wildman–Crippen LogP) is 3.59. The van der Waals surface area contributed by atoms with Gasteiger partial charge in [-0.2, -0.15) is 0 Å². The molecular weight excluding hydrogens is 348 g/mol. The standard InChI is InChI=1S/C20H20N2O3S/c1-12-22-16-9-15(6-7-18(16)26-12)20(23)21-10-13-8-14-4-3-5-17(24-2)19(14)25-11-13/h3-7,9,13H,8,10-11H2,1-2H3,(H,21,23). The molecule has 1 aliphatic heterocycles. The summed E-state index contributed by atoms with van der Waals surface area (Å²) in [5.74, 6) is 1.75. The number of fused-ring (bicyclic) bond motifs is 2. The van der Waals surface area contributed by atoms with Crippen LogP contribution in [0, 0.1) is 12.8 Å². The third-order valence-corrected chi connectivity index (χ3v) is 5.51. The minimum absolute atomic E-state index is 0.0750. The number of aromatic nitrogens is 1. The van der Waals surface area contributed by atoms with E-state index in [1.54, 1.807) is 18.4 Å². The van der Waals surface area contributed by atoms with Crippen molar-refractivity contribution in [1.82, 2.24) is 10.3 Å². The summed E-state index contributed by atoms with van der Waals surface area (Å²) >= 11 is 1.64. The number of rotatable bonds is 4. The van der Waals surface area contributed by atoms with Crippen molar-refractivity contribution in [2.45, 2.75) is 13.3 Å². The number of methoxy groups -OCH3 is 1. The summed E-state index contributed by atoms with van der Waals surface area (Å²) in [6.45, 7) is 3.11. The van der Waals surface area contributed by atoms with Crippen molar-refractivity contribution >= 4 is 27.5 Å². The number of ether oxygens (including phenoxy) is 2. The Morgan fingerprint density at radius 1 is 1.38 bits per heavy atom. The molecule has 0 aliphatic carbocycles. The van der Waals surface area contributed by atoms with Crippen LogP contribution in [-0.4, -0.2) is 31.2 Å². The zero-order valence-corrected chi connectivity index (χ0v) is 15.6. The fourth-order valence-corrected chi connectivity index (χ4v) is 4.08. The van der Waals surface area contributed by atoms with Crippen molar-refractivity contribution in [2.75, 3.05) is 20.3 Å². The van der Waals surface area contributed by atoms with Crippen molar-refractivity contribution in [1.29, 1.82) is 0 Å². The van der Waals surface area contributed by atoms with Crippen molar-refractivity contribution in [2.24, 2.45) is 5.92 Å². The van der Waals surface area contributed by atoms with Gasteiger partial charge in [0.2, 0.25) is 0 Å². The number of benzene rings is 2. The summed E-state index contributed by atoms with van der Waals surface area (Å²) in [5, 5.41) is 4.03. The van der Waals surface area contributed by atoms with Crippen LogP contribution in [0.5, 0.6) is 11.5 Å². The van der Waals surface area contributed by atoms with Crippen LogP contribution in [0.25, 0.3) is 10.2 Å². The fraction of sp³-hybridized carbons (Fsp3) is 0.300. The summed E-state index contributed by atoms with van der Waals surface area (Å²) in [7, 11) is 1.64. The number of nitrogens with zero attached hydrogens (tertiary/aromatic N) is 1. The fourth-order valence-electron chi connectivity index (χ4n) is 3.27. The highest BCUT2D eigenvalue weighted by Crippen LogP contribution is 2.35. The van der Waals surface area contributed by atoms with Gasteiger partial charge in [0.1, 0.15) is 0 Å². The molecule has 0 radical (unpaired) electrons. The number of amides is 1. The molecule has 0 saturated heterocycles. The van der Waals surface area contributed by atoms with E-state index in [-0.39, 0.29) is 11.8 Å². The van der Waals surface area contributed by atoms with E-state index >= 15 is 0 Å². The van der Waals surface area contributed by atoms with E-state index in [1.807, 2.05) is 43.3 Å². The van der Waals surface area contributed by atoms with Gasteiger partial charge in [-0.05, 0) is 43.2 Å². The maximum absolute atomic E-state index is 12.5. The molecule has 6 heteroatoms. The maximum Gasteiger partial charge on any atom is 0.251 e. The summed E-state index contributed by atoms with van der Waals surface area (Å²) in [5.41, 5.74) is 2.64. The number of hydrogen-bond acceptors (Lipinski definition) is 5. The third kappa shape index (κ3) is 3.24. The first kappa shape index (κ1) is 16.8. The molecule has 134 valence electrons. The topological polar surface area (TPSA) is 60.5 Å². The van der Waals surface area contributed by atoms with Crippen LogP contribution < -0.4 is 14.8 Å². The highest BCUT2D eigenvalue weighted by Gasteiger charge is 2.23. The Morgan fingerprint density at radius 3 is 3.12 bits per heavy atom. The lowest BCUT2D eigenvalue weighted by atomic mass is 9.96. The molecular formula is C20H20N2O3S. The van der Waals surface area contributed by atoms with Gasteiger partial charge < -0.3 is 14.8 Å². The summed E-state index contributed by atoms with van der Waals surface area (Å²) in [4.78, 5) is 16.9. The zero-order valence-electron chi connectivity index (χ0n) is 14.7. The summed E-state index contributed by atoms with van der Waals surface area (Å²) < 4.78 is 12.3. The summed E-state index contributed by atoms with van der Waals surface area (Å²) in [6, 6.07) is 11.6. The molecule has 1 aromatic heterocycles. The van der Waals surface area contributed by atoms with Crippen LogP contribution in [0.2, 0.25) is 0 Å². The molecule has 5 nitrogen and oxygen atoms in total. The Hall–Kier alpha value is -2.60. The molecule has 2 heterocycles. The first-order valence-corrected chi connectivity index (χ1v) is 9.40. The van der Waals surface area contributed by atoms with E-state index in [1.165, 1.54) is 0 Å². The Labute approximate surface area is 156 Å². The second-order valence-corrected chi connectivity index (χ2v) is 7.69. The van der Waals surface area contributed by atoms with E-state index in [9.17, 15) is 4.79 Å². The first-order valence-electron chi connectivity index (χ1n) is 8.58. The molecule has 0 saturated carbocycles. The summed E-state index contributed by atoms with van der Waals surface area (Å²) in [6.07, 6.45) is 0.858. The van der Waals surface area contributed by atoms with Crippen molar-refractivity contribution in [3.05, 3.63) is 52.5 Å². The zero-order chi connectivity index (χ0) is 18.1. The Kier molecular flexibility index (Phi) is 4.51. The van der Waals surface area contributed by atoms with Crippen LogP contribution in [0.15, 0.2) is 36.4 Å². The highest BCUT2D eigenvalue weighted by atomic mass is 32.1. The first-order chi connectivity index (χ1) is 12.6. The molecule has 0 spiro atoms. The quantitative estimate of drug-likeness (QED) is 0.764. The number of para-hydroxylation sites is 1. The molecule has 1 unspecified atom stereocenters. The Morgan fingerprint density at radius 2 is 2.27 bits per heavy atom. The number of nitrogens with one attached hydrogen (secondary N) is 1. The Balaban J connectivity index is 1.41. The second-order valence-electron chi connectivity index (χ2n) is 6.46. The second kappa shape index (κ2) is 6.96. The van der Waals surface area contributed by atoms with E-state index in [0.29, 0.717) is 18.7 Å². The SMILES string of the molecule is COc1cccc2c1OCC(CNC(=O)c1ccc3sc(C)nc3c1)C2. The van der Waals surface area contributed by atoms with E-state index in [0.717, 1.165) is 38.7 Å². The van der Waals surface area contributed by atoms with Gasteiger partial charge in [0.25, 0.3) is 5.91 Å². The van der Waals surface area contributed by atoms with Crippen molar-refractivity contribution in [3.63, 3.8) is 0 Å². The predicted molar refractivity (Wildman–Crippen MR) is 102 cm³/mol. The van der Waals surface area contributed by atoms with Crippen LogP contribution >= 0.6 is 11.3 Å². The number of hydrogen-bond donors (Lipinski definition) is 1. The van der Waals surface area contributed by atoms with Gasteiger partial charge in [-0.15, -0.1) is 11.3 Å². The van der Waals surface area contributed by atoms with Gasteiger partial charge in [0, 0.05) is 18.0 Å². The van der Waals surface area contributed by atoms with Crippen molar-refractivity contribution < 1.29 is 14.3 Å². The minimum Gasteiger partial charge on any atom is -0.493 e. The lowest BCUT2D eigenvalue weighted by Gasteiger charge is -2.26. The number of thiazole rings is 1. The average Bonchev–Trinajstić information content (AvgIpc) is 3.04. The molecule has 1 N–H and O–H groups in total. The molecule has 2 aromatic carbocycles. The van der Waals surface area contributed by atoms with Gasteiger partial charge in [-0.25, -0.2) is 4.98 Å². The Bertz CT molecular complexity index is 967. The number of carbonyl (C=O) groups is 1. The monoisotopic (exact) mass is 368 g/mol. The van der Waals surface area contributed by atoms with Gasteiger partial charge in [-0.3, -0.25) is 4.79 Å². The van der Waals surface area contributed by atoms with E-state index in [4.69, 9.17) is 9.47 Å². The number of aryl methyl sites for hydroxylation is 1. The maximum atomic E-state index is 12.5. The molecule has 0 bridgehead atoms. The van der Waals surface area contributed by atoms with Gasteiger partial charge >= 0.3 is 0 Å². The normalized spacial score (nSPS) is 16.0. The third-order valence-electron chi connectivity index (χ3n) is 4.56. The van der Waals surface area contributed by atoms with Gasteiger partial charge in [0.05, 0.1) is 28.9 Å². The van der Waals surface area contributed by atoms with Crippen LogP contribution in [0.4, 0.5) is 0 Å².